The lowest BCUT2D eigenvalue weighted by molar-refractivity contribution is -0.118. The molecule has 1 aliphatic heterocycles. The van der Waals surface area contributed by atoms with Gasteiger partial charge in [0.25, 0.3) is 5.91 Å². The maximum Gasteiger partial charge on any atom is 0.270 e. The van der Waals surface area contributed by atoms with E-state index in [1.165, 1.54) is 12.5 Å². The predicted octanol–water partition coefficient (Wildman–Crippen LogP) is 4.63. The fraction of sp³-hybridized carbons (Fsp3) is 0.355. The van der Waals surface area contributed by atoms with Crippen molar-refractivity contribution in [1.29, 1.82) is 0 Å². The molecule has 3 N–H and O–H groups in total. The van der Waals surface area contributed by atoms with Crippen LogP contribution in [-0.4, -0.2) is 64.5 Å². The summed E-state index contributed by atoms with van der Waals surface area (Å²) in [4.78, 5) is 39.3. The second kappa shape index (κ2) is 13.2. The van der Waals surface area contributed by atoms with Gasteiger partial charge in [-0.15, -0.1) is 0 Å². The predicted molar refractivity (Wildman–Crippen MR) is 156 cm³/mol. The number of nitrogens with one attached hydrogen (secondary N) is 3. The van der Waals surface area contributed by atoms with Gasteiger partial charge in [0.15, 0.2) is 5.82 Å². The third kappa shape index (κ3) is 7.04. The molecule has 9 heteroatoms. The van der Waals surface area contributed by atoms with E-state index in [1.54, 1.807) is 0 Å². The number of hydrogen-bond acceptors (Lipinski definition) is 6. The van der Waals surface area contributed by atoms with E-state index >= 15 is 0 Å². The van der Waals surface area contributed by atoms with Crippen molar-refractivity contribution < 1.29 is 14.3 Å². The van der Waals surface area contributed by atoms with Crippen molar-refractivity contribution >= 4 is 28.7 Å². The van der Waals surface area contributed by atoms with Gasteiger partial charge in [-0.1, -0.05) is 60.7 Å². The van der Waals surface area contributed by atoms with E-state index in [4.69, 9.17) is 14.7 Å². The number of nitrogens with zero attached hydrogens (tertiary/aromatic N) is 3. The van der Waals surface area contributed by atoms with Gasteiger partial charge in [-0.3, -0.25) is 9.59 Å². The Bertz CT molecular complexity index is 1420. The van der Waals surface area contributed by atoms with Crippen molar-refractivity contribution in [2.24, 2.45) is 5.92 Å². The highest BCUT2D eigenvalue weighted by Crippen LogP contribution is 2.27. The molecule has 9 nitrogen and oxygen atoms in total. The molecule has 0 atom stereocenters. The van der Waals surface area contributed by atoms with Crippen molar-refractivity contribution in [3.05, 3.63) is 78.0 Å². The number of aromatic amines is 1. The summed E-state index contributed by atoms with van der Waals surface area (Å²) in [5.74, 6) is 1.63. The van der Waals surface area contributed by atoms with Crippen molar-refractivity contribution in [2.45, 2.75) is 32.8 Å². The summed E-state index contributed by atoms with van der Waals surface area (Å²) in [6.45, 7) is 5.26. The van der Waals surface area contributed by atoms with Gasteiger partial charge in [0.1, 0.15) is 17.2 Å². The van der Waals surface area contributed by atoms with Gasteiger partial charge in [-0.05, 0) is 36.8 Å². The topological polar surface area (TPSA) is 112 Å². The minimum Gasteiger partial charge on any atom is -0.377 e. The Labute approximate surface area is 234 Å². The fourth-order valence-electron chi connectivity index (χ4n) is 5.00. The van der Waals surface area contributed by atoms with Crippen molar-refractivity contribution in [2.75, 3.05) is 38.1 Å². The molecule has 40 heavy (non-hydrogen) atoms. The molecule has 1 saturated heterocycles. The normalized spacial score (nSPS) is 13.9. The Kier molecular flexibility index (Phi) is 9.03. The van der Waals surface area contributed by atoms with Crippen LogP contribution in [0.4, 0.5) is 5.82 Å². The van der Waals surface area contributed by atoms with E-state index in [0.717, 1.165) is 49.9 Å². The summed E-state index contributed by atoms with van der Waals surface area (Å²) < 4.78 is 5.87. The summed E-state index contributed by atoms with van der Waals surface area (Å²) in [7, 11) is 0. The molecule has 0 bridgehead atoms. The zero-order valence-corrected chi connectivity index (χ0v) is 22.9. The van der Waals surface area contributed by atoms with E-state index in [0.29, 0.717) is 48.6 Å². The van der Waals surface area contributed by atoms with Crippen LogP contribution in [0.15, 0.2) is 66.7 Å². The van der Waals surface area contributed by atoms with Gasteiger partial charge >= 0.3 is 0 Å². The highest BCUT2D eigenvalue weighted by molar-refractivity contribution is 6.00. The zero-order chi connectivity index (χ0) is 27.7. The molecule has 208 valence electrons. The number of benzene rings is 2. The lowest BCUT2D eigenvalue weighted by atomic mass is 9.94. The number of carbonyl (C=O) groups excluding carboxylic acids is 2. The Balaban J connectivity index is 1.22. The molecule has 2 amide bonds. The molecule has 3 heterocycles. The summed E-state index contributed by atoms with van der Waals surface area (Å²) in [5.41, 5.74) is 3.17. The van der Waals surface area contributed by atoms with Crippen LogP contribution in [0, 0.1) is 5.92 Å². The maximum absolute atomic E-state index is 13.4. The fourth-order valence-corrected chi connectivity index (χ4v) is 5.00. The van der Waals surface area contributed by atoms with Gasteiger partial charge in [0, 0.05) is 45.3 Å². The lowest BCUT2D eigenvalue weighted by Crippen LogP contribution is -2.38. The number of carbonyl (C=O) groups is 2. The molecule has 4 aromatic rings. The number of rotatable bonds is 11. The van der Waals surface area contributed by atoms with Gasteiger partial charge in [-0.2, -0.15) is 0 Å². The van der Waals surface area contributed by atoms with Crippen molar-refractivity contribution in [3.63, 3.8) is 0 Å². The van der Waals surface area contributed by atoms with Crippen LogP contribution in [0.1, 0.15) is 42.2 Å². The highest BCUT2D eigenvalue weighted by Gasteiger charge is 2.25. The Morgan fingerprint density at radius 1 is 1.00 bits per heavy atom. The summed E-state index contributed by atoms with van der Waals surface area (Å²) in [5, 5.41) is 6.83. The summed E-state index contributed by atoms with van der Waals surface area (Å²) in [6.07, 6.45) is 2.94. The lowest BCUT2D eigenvalue weighted by Gasteiger charge is -2.31. The van der Waals surface area contributed by atoms with Crippen molar-refractivity contribution in [1.82, 2.24) is 25.2 Å². The van der Waals surface area contributed by atoms with Gasteiger partial charge < -0.3 is 25.3 Å². The first-order valence-corrected chi connectivity index (χ1v) is 13.9. The molecule has 2 aromatic heterocycles. The average Bonchev–Trinajstić information content (AvgIpc) is 3.43. The molecule has 1 fully saturated rings. The third-order valence-electron chi connectivity index (χ3n) is 7.22. The van der Waals surface area contributed by atoms with Crippen LogP contribution in [-0.2, 0) is 16.1 Å². The molecule has 0 aliphatic carbocycles. The van der Waals surface area contributed by atoms with E-state index < -0.39 is 0 Å². The first-order chi connectivity index (χ1) is 19.6. The number of likely N-dealkylation sites (tertiary alicyclic amines) is 1. The maximum atomic E-state index is 13.4. The number of anilines is 1. The number of fused-ring (bicyclic) bond motifs is 1. The SMILES string of the molecule is CC(=O)NCCNc1nc(-c2ccccc2)nc2[nH]c(C(=O)N3CCC(CCOCc4ccccc4)CC3)cc12. The molecule has 5 rings (SSSR count). The largest absolute Gasteiger partial charge is 0.377 e. The Hall–Kier alpha value is -4.24. The second-order valence-corrected chi connectivity index (χ2v) is 10.2. The standard InChI is InChI=1S/C31H36N6O3/c1-22(38)32-15-16-33-29-26-20-27(34-30(26)36-28(35-29)25-10-6-3-7-11-25)31(39)37-17-12-23(13-18-37)14-19-40-21-24-8-4-2-5-9-24/h2-11,20,23H,12-19,21H2,1H3,(H,32,38)(H2,33,34,35,36). The number of hydrogen-bond donors (Lipinski definition) is 3. The first-order valence-electron chi connectivity index (χ1n) is 13.9. The monoisotopic (exact) mass is 540 g/mol. The quantitative estimate of drug-likeness (QED) is 0.239. The second-order valence-electron chi connectivity index (χ2n) is 10.2. The molecule has 0 radical (unpaired) electrons. The van der Waals surface area contributed by atoms with Crippen LogP contribution < -0.4 is 10.6 Å². The number of H-pyrrole nitrogens is 1. The minimum atomic E-state index is -0.0855. The molecule has 0 spiro atoms. The first kappa shape index (κ1) is 27.3. The van der Waals surface area contributed by atoms with Crippen LogP contribution in [0.25, 0.3) is 22.4 Å². The summed E-state index contributed by atoms with van der Waals surface area (Å²) >= 11 is 0. The van der Waals surface area contributed by atoms with Gasteiger partial charge in [0.05, 0.1) is 12.0 Å². The number of aromatic nitrogens is 3. The molecule has 0 saturated carbocycles. The molecular weight excluding hydrogens is 504 g/mol. The molecular formula is C31H36N6O3. The van der Waals surface area contributed by atoms with Crippen LogP contribution in [0.3, 0.4) is 0 Å². The zero-order valence-electron chi connectivity index (χ0n) is 22.9. The van der Waals surface area contributed by atoms with E-state index in [1.807, 2.05) is 59.5 Å². The van der Waals surface area contributed by atoms with Crippen molar-refractivity contribution in [3.8, 4) is 11.4 Å². The van der Waals surface area contributed by atoms with Crippen LogP contribution in [0.5, 0.6) is 0 Å². The number of piperidine rings is 1. The molecule has 0 unspecified atom stereocenters. The average molecular weight is 541 g/mol. The van der Waals surface area contributed by atoms with E-state index in [9.17, 15) is 9.59 Å². The van der Waals surface area contributed by atoms with E-state index in [-0.39, 0.29) is 11.8 Å². The van der Waals surface area contributed by atoms with Crippen LogP contribution in [0.2, 0.25) is 0 Å². The molecule has 1 aliphatic rings. The smallest absolute Gasteiger partial charge is 0.270 e. The molecule has 2 aromatic carbocycles. The Morgan fingerprint density at radius 3 is 2.45 bits per heavy atom. The van der Waals surface area contributed by atoms with E-state index in [2.05, 4.69) is 27.8 Å². The third-order valence-corrected chi connectivity index (χ3v) is 7.22. The number of ether oxygens (including phenoxy) is 1. The van der Waals surface area contributed by atoms with Gasteiger partial charge in [0.2, 0.25) is 5.91 Å². The van der Waals surface area contributed by atoms with Crippen LogP contribution >= 0.6 is 0 Å². The number of amides is 2. The van der Waals surface area contributed by atoms with Gasteiger partial charge in [-0.25, -0.2) is 9.97 Å². The summed E-state index contributed by atoms with van der Waals surface area (Å²) in [6, 6.07) is 21.8. The Morgan fingerprint density at radius 2 is 1.73 bits per heavy atom. The minimum absolute atomic E-state index is 0.0257. The highest BCUT2D eigenvalue weighted by atomic mass is 16.5.